The fourth-order valence-electron chi connectivity index (χ4n) is 4.21. The number of ether oxygens (including phenoxy) is 1. The van der Waals surface area contributed by atoms with Crippen molar-refractivity contribution in [1.29, 1.82) is 0 Å². The molecule has 3 rings (SSSR count). The van der Waals surface area contributed by atoms with Gasteiger partial charge in [0, 0.05) is 13.2 Å². The van der Waals surface area contributed by atoms with Crippen LogP contribution in [0, 0.1) is 17.3 Å². The second-order valence-electron chi connectivity index (χ2n) is 6.68. The van der Waals surface area contributed by atoms with Crippen LogP contribution in [0.2, 0.25) is 0 Å². The Hall–Kier alpha value is -0.0800. The van der Waals surface area contributed by atoms with E-state index >= 15 is 0 Å². The lowest BCUT2D eigenvalue weighted by Gasteiger charge is -2.33. The minimum Gasteiger partial charge on any atom is -0.378 e. The standard InChI is InChI=1S/C15H27NO/c1-2-5-16-11-15(8-12-7-13(12)9-15)10-14-4-3-6-17-14/h12-14,16H,2-11H2,1H3. The molecule has 3 atom stereocenters. The normalized spacial score (nSPS) is 43.9. The topological polar surface area (TPSA) is 21.3 Å². The molecule has 2 heteroatoms. The molecule has 2 nitrogen and oxygen atoms in total. The highest BCUT2D eigenvalue weighted by Gasteiger charge is 2.53. The second kappa shape index (κ2) is 4.89. The predicted molar refractivity (Wildman–Crippen MR) is 70.0 cm³/mol. The molecule has 3 unspecified atom stereocenters. The lowest BCUT2D eigenvalue weighted by Crippen LogP contribution is -2.36. The highest BCUT2D eigenvalue weighted by Crippen LogP contribution is 2.61. The Morgan fingerprint density at radius 1 is 1.29 bits per heavy atom. The molecule has 2 aliphatic carbocycles. The summed E-state index contributed by atoms with van der Waals surface area (Å²) in [5.41, 5.74) is 0.595. The van der Waals surface area contributed by atoms with Crippen LogP contribution in [-0.2, 0) is 4.74 Å². The third kappa shape index (κ3) is 2.68. The number of hydrogen-bond acceptors (Lipinski definition) is 2. The molecule has 0 bridgehead atoms. The molecule has 1 aliphatic heterocycles. The van der Waals surface area contributed by atoms with E-state index in [1.807, 2.05) is 0 Å². The van der Waals surface area contributed by atoms with Gasteiger partial charge in [-0.25, -0.2) is 0 Å². The van der Waals surface area contributed by atoms with Gasteiger partial charge in [0.1, 0.15) is 0 Å². The smallest absolute Gasteiger partial charge is 0.0581 e. The van der Waals surface area contributed by atoms with Crippen molar-refractivity contribution in [2.45, 2.75) is 58.0 Å². The Morgan fingerprint density at radius 3 is 2.76 bits per heavy atom. The summed E-state index contributed by atoms with van der Waals surface area (Å²) in [6.45, 7) is 5.69. The van der Waals surface area contributed by atoms with Crippen molar-refractivity contribution < 1.29 is 4.74 Å². The second-order valence-corrected chi connectivity index (χ2v) is 6.68. The molecule has 0 aromatic rings. The molecule has 17 heavy (non-hydrogen) atoms. The minimum absolute atomic E-state index is 0.580. The van der Waals surface area contributed by atoms with Gasteiger partial charge in [-0.2, -0.15) is 0 Å². The van der Waals surface area contributed by atoms with Crippen LogP contribution in [0.4, 0.5) is 0 Å². The molecular formula is C15H27NO. The molecule has 0 amide bonds. The van der Waals surface area contributed by atoms with E-state index in [0.717, 1.165) is 18.4 Å². The van der Waals surface area contributed by atoms with Crippen LogP contribution in [-0.4, -0.2) is 25.8 Å². The Morgan fingerprint density at radius 2 is 2.12 bits per heavy atom. The summed E-state index contributed by atoms with van der Waals surface area (Å²) in [6, 6.07) is 0. The first-order valence-corrected chi connectivity index (χ1v) is 7.64. The minimum atomic E-state index is 0.580. The van der Waals surface area contributed by atoms with Gasteiger partial charge in [-0.05, 0) is 68.7 Å². The van der Waals surface area contributed by atoms with Crippen LogP contribution in [0.1, 0.15) is 51.9 Å². The maximum atomic E-state index is 5.87. The number of fused-ring (bicyclic) bond motifs is 1. The van der Waals surface area contributed by atoms with Gasteiger partial charge in [-0.1, -0.05) is 6.92 Å². The molecule has 98 valence electrons. The third-order valence-electron chi connectivity index (χ3n) is 5.07. The molecular weight excluding hydrogens is 210 g/mol. The fourth-order valence-corrected chi connectivity index (χ4v) is 4.21. The summed E-state index contributed by atoms with van der Waals surface area (Å²) in [5.74, 6) is 2.17. The van der Waals surface area contributed by atoms with Crippen LogP contribution >= 0.6 is 0 Å². The monoisotopic (exact) mass is 237 g/mol. The average Bonchev–Trinajstić information content (AvgIpc) is 2.77. The van der Waals surface area contributed by atoms with E-state index in [2.05, 4.69) is 12.2 Å². The zero-order valence-electron chi connectivity index (χ0n) is 11.2. The van der Waals surface area contributed by atoms with Crippen molar-refractivity contribution >= 4 is 0 Å². The highest BCUT2D eigenvalue weighted by atomic mass is 16.5. The van der Waals surface area contributed by atoms with Gasteiger partial charge in [0.25, 0.3) is 0 Å². The van der Waals surface area contributed by atoms with Crippen LogP contribution in [0.25, 0.3) is 0 Å². The van der Waals surface area contributed by atoms with Crippen LogP contribution in [0.5, 0.6) is 0 Å². The average molecular weight is 237 g/mol. The number of rotatable bonds is 6. The predicted octanol–water partition coefficient (Wildman–Crippen LogP) is 2.97. The SMILES string of the molecule is CCCNCC1(CC2CCCO2)CC2CC2C1. The van der Waals surface area contributed by atoms with Gasteiger partial charge in [0.05, 0.1) is 6.10 Å². The molecule has 1 N–H and O–H groups in total. The van der Waals surface area contributed by atoms with Crippen molar-refractivity contribution in [2.24, 2.45) is 17.3 Å². The lowest BCUT2D eigenvalue weighted by molar-refractivity contribution is 0.0571. The van der Waals surface area contributed by atoms with Crippen LogP contribution < -0.4 is 5.32 Å². The lowest BCUT2D eigenvalue weighted by atomic mass is 9.77. The zero-order valence-corrected chi connectivity index (χ0v) is 11.2. The third-order valence-corrected chi connectivity index (χ3v) is 5.07. The van der Waals surface area contributed by atoms with Crippen LogP contribution in [0.3, 0.4) is 0 Å². The molecule has 3 aliphatic rings. The van der Waals surface area contributed by atoms with Gasteiger partial charge < -0.3 is 10.1 Å². The molecule has 3 fully saturated rings. The van der Waals surface area contributed by atoms with Gasteiger partial charge in [0.15, 0.2) is 0 Å². The zero-order chi connectivity index (χ0) is 11.7. The van der Waals surface area contributed by atoms with E-state index in [9.17, 15) is 0 Å². The van der Waals surface area contributed by atoms with Gasteiger partial charge in [-0.15, -0.1) is 0 Å². The Kier molecular flexibility index (Phi) is 3.45. The van der Waals surface area contributed by atoms with Gasteiger partial charge in [0.2, 0.25) is 0 Å². The van der Waals surface area contributed by atoms with Crippen LogP contribution in [0.15, 0.2) is 0 Å². The van der Waals surface area contributed by atoms with Crippen molar-refractivity contribution in [3.8, 4) is 0 Å². The largest absolute Gasteiger partial charge is 0.378 e. The van der Waals surface area contributed by atoms with Gasteiger partial charge >= 0.3 is 0 Å². The number of nitrogens with one attached hydrogen (secondary N) is 1. The van der Waals surface area contributed by atoms with Crippen molar-refractivity contribution in [3.05, 3.63) is 0 Å². The van der Waals surface area contributed by atoms with E-state index in [4.69, 9.17) is 4.74 Å². The molecule has 0 aromatic heterocycles. The van der Waals surface area contributed by atoms with Crippen molar-refractivity contribution in [2.75, 3.05) is 19.7 Å². The summed E-state index contributed by atoms with van der Waals surface area (Å²) < 4.78 is 5.87. The first kappa shape index (κ1) is 12.0. The summed E-state index contributed by atoms with van der Waals surface area (Å²) >= 11 is 0. The maximum absolute atomic E-state index is 5.87. The highest BCUT2D eigenvalue weighted by molar-refractivity contribution is 5.05. The van der Waals surface area contributed by atoms with Crippen molar-refractivity contribution in [1.82, 2.24) is 5.32 Å². The van der Waals surface area contributed by atoms with E-state index in [1.54, 1.807) is 0 Å². The van der Waals surface area contributed by atoms with E-state index in [0.29, 0.717) is 11.5 Å². The Balaban J connectivity index is 1.55. The number of hydrogen-bond donors (Lipinski definition) is 1. The van der Waals surface area contributed by atoms with E-state index in [-0.39, 0.29) is 0 Å². The Labute approximate surface area is 105 Å². The molecule has 1 saturated heterocycles. The first-order chi connectivity index (χ1) is 8.31. The van der Waals surface area contributed by atoms with Crippen molar-refractivity contribution in [3.63, 3.8) is 0 Å². The summed E-state index contributed by atoms with van der Waals surface area (Å²) in [4.78, 5) is 0. The molecule has 0 aromatic carbocycles. The Bertz CT molecular complexity index is 250. The summed E-state index contributed by atoms with van der Waals surface area (Å²) in [6.07, 6.45) is 10.3. The molecule has 1 heterocycles. The maximum Gasteiger partial charge on any atom is 0.0581 e. The molecule has 0 spiro atoms. The van der Waals surface area contributed by atoms with E-state index in [1.165, 1.54) is 58.0 Å². The van der Waals surface area contributed by atoms with E-state index < -0.39 is 0 Å². The summed E-state index contributed by atoms with van der Waals surface area (Å²) in [7, 11) is 0. The summed E-state index contributed by atoms with van der Waals surface area (Å²) in [5, 5.41) is 3.68. The first-order valence-electron chi connectivity index (χ1n) is 7.64. The quantitative estimate of drug-likeness (QED) is 0.717. The fraction of sp³-hybridized carbons (Fsp3) is 1.00. The molecule has 2 saturated carbocycles. The molecule has 0 radical (unpaired) electrons. The van der Waals surface area contributed by atoms with Gasteiger partial charge in [-0.3, -0.25) is 0 Å².